The molecule has 8 heavy (non-hydrogen) atoms. The Balaban J connectivity index is 2.74. The van der Waals surface area contributed by atoms with Gasteiger partial charge < -0.3 is 4.74 Å². The molecule has 1 aliphatic heterocycles. The molecule has 0 saturated heterocycles. The van der Waals surface area contributed by atoms with E-state index in [2.05, 4.69) is 0 Å². The standard InChI is InChI=1S/C7H10O/c1-6-4-3-5-8-7(6)2/h3-5,7H,1-2H3/i3D. The molecule has 0 bridgehead atoms. The lowest BCUT2D eigenvalue weighted by Gasteiger charge is -2.13. The minimum atomic E-state index is 0.152. The van der Waals surface area contributed by atoms with Crippen molar-refractivity contribution in [1.29, 1.82) is 0 Å². The summed E-state index contributed by atoms with van der Waals surface area (Å²) >= 11 is 0. The third-order valence-corrected chi connectivity index (χ3v) is 1.29. The molecule has 1 rings (SSSR count). The molecule has 1 nitrogen and oxygen atoms in total. The molecule has 0 N–H and O–H groups in total. The zero-order valence-corrected chi connectivity index (χ0v) is 5.14. The summed E-state index contributed by atoms with van der Waals surface area (Å²) in [6, 6.07) is 0.450. The van der Waals surface area contributed by atoms with E-state index >= 15 is 0 Å². The highest BCUT2D eigenvalue weighted by atomic mass is 16.5. The summed E-state index contributed by atoms with van der Waals surface area (Å²) in [7, 11) is 0. The van der Waals surface area contributed by atoms with Crippen molar-refractivity contribution in [2.45, 2.75) is 20.0 Å². The number of allylic oxidation sites excluding steroid dienone is 2. The fourth-order valence-electron chi connectivity index (χ4n) is 0.531. The first-order chi connectivity index (χ1) is 4.20. The third-order valence-electron chi connectivity index (χ3n) is 1.29. The largest absolute Gasteiger partial charge is 0.494 e. The van der Waals surface area contributed by atoms with Gasteiger partial charge in [0.05, 0.1) is 7.63 Å². The lowest BCUT2D eigenvalue weighted by molar-refractivity contribution is 0.189. The lowest BCUT2D eigenvalue weighted by atomic mass is 10.1. The van der Waals surface area contributed by atoms with Crippen LogP contribution in [0, 0.1) is 0 Å². The second kappa shape index (κ2) is 2.03. The van der Waals surface area contributed by atoms with E-state index in [1.165, 1.54) is 6.26 Å². The van der Waals surface area contributed by atoms with E-state index in [4.69, 9.17) is 6.11 Å². The number of hydrogen-bond donors (Lipinski definition) is 0. The van der Waals surface area contributed by atoms with Crippen molar-refractivity contribution in [3.8, 4) is 0 Å². The van der Waals surface area contributed by atoms with Crippen molar-refractivity contribution in [2.75, 3.05) is 0 Å². The fourth-order valence-corrected chi connectivity index (χ4v) is 0.531. The summed E-state index contributed by atoms with van der Waals surface area (Å²) < 4.78 is 12.2. The highest BCUT2D eigenvalue weighted by Gasteiger charge is 2.03. The van der Waals surface area contributed by atoms with Crippen LogP contribution in [-0.2, 0) is 4.74 Å². The fraction of sp³-hybridized carbons (Fsp3) is 0.429. The molecular formula is C7H10O. The molecule has 1 unspecified atom stereocenters. The van der Waals surface area contributed by atoms with Crippen LogP contribution in [0.1, 0.15) is 15.2 Å². The average molecular weight is 111 g/mol. The Kier molecular flexibility index (Phi) is 1.06. The van der Waals surface area contributed by atoms with Crippen molar-refractivity contribution in [1.82, 2.24) is 0 Å². The molecule has 44 valence electrons. The van der Waals surface area contributed by atoms with Gasteiger partial charge in [-0.25, -0.2) is 0 Å². The quantitative estimate of drug-likeness (QED) is 0.463. The van der Waals surface area contributed by atoms with Crippen molar-refractivity contribution < 1.29 is 6.11 Å². The molecule has 0 aromatic heterocycles. The van der Waals surface area contributed by atoms with Gasteiger partial charge in [0.2, 0.25) is 0 Å². The molecule has 0 spiro atoms. The van der Waals surface area contributed by atoms with Gasteiger partial charge in [-0.05, 0) is 25.5 Å². The topological polar surface area (TPSA) is 9.23 Å². The Hall–Kier alpha value is -0.720. The van der Waals surface area contributed by atoms with E-state index < -0.39 is 0 Å². The zero-order valence-electron chi connectivity index (χ0n) is 6.14. The van der Waals surface area contributed by atoms with E-state index in [1.54, 1.807) is 0 Å². The minimum absolute atomic E-state index is 0.152. The van der Waals surface area contributed by atoms with E-state index in [9.17, 15) is 0 Å². The van der Waals surface area contributed by atoms with Crippen LogP contribution in [0.25, 0.3) is 0 Å². The minimum Gasteiger partial charge on any atom is -0.494 e. The second-order valence-electron chi connectivity index (χ2n) is 1.95. The maximum Gasteiger partial charge on any atom is 0.116 e. The van der Waals surface area contributed by atoms with Gasteiger partial charge >= 0.3 is 0 Å². The number of ether oxygens (including phenoxy) is 1. The highest BCUT2D eigenvalue weighted by molar-refractivity contribution is 5.15. The van der Waals surface area contributed by atoms with Gasteiger partial charge in [-0.1, -0.05) is 6.08 Å². The smallest absolute Gasteiger partial charge is 0.116 e. The Morgan fingerprint density at radius 3 is 3.12 bits per heavy atom. The third kappa shape index (κ3) is 0.915. The molecule has 1 heterocycles. The highest BCUT2D eigenvalue weighted by Crippen LogP contribution is 2.09. The summed E-state index contributed by atoms with van der Waals surface area (Å²) in [5.74, 6) is 0. The van der Waals surface area contributed by atoms with Gasteiger partial charge in [0, 0.05) is 0 Å². The molecule has 0 aromatic carbocycles. The van der Waals surface area contributed by atoms with Crippen LogP contribution in [0.3, 0.4) is 0 Å². The Morgan fingerprint density at radius 1 is 1.88 bits per heavy atom. The van der Waals surface area contributed by atoms with Crippen LogP contribution in [0.5, 0.6) is 0 Å². The summed E-state index contributed by atoms with van der Waals surface area (Å²) in [6.45, 7) is 3.93. The molecule has 0 radical (unpaired) electrons. The van der Waals surface area contributed by atoms with E-state index in [-0.39, 0.29) is 6.10 Å². The summed E-state index contributed by atoms with van der Waals surface area (Å²) in [5, 5.41) is 0. The van der Waals surface area contributed by atoms with Crippen LogP contribution in [0.4, 0.5) is 0 Å². The first kappa shape index (κ1) is 4.19. The predicted octanol–water partition coefficient (Wildman–Crippen LogP) is 1.87. The summed E-state index contributed by atoms with van der Waals surface area (Å²) in [5.41, 5.74) is 1.11. The first-order valence-corrected chi connectivity index (χ1v) is 2.70. The maximum absolute atomic E-state index is 7.15. The van der Waals surface area contributed by atoms with Crippen LogP contribution in [-0.4, -0.2) is 6.10 Å². The SMILES string of the molecule is [2H]C1=COC(C)C(C)=C1. The molecule has 0 aromatic rings. The zero-order chi connectivity index (χ0) is 6.85. The number of rotatable bonds is 0. The Labute approximate surface area is 51.1 Å². The molecule has 0 fully saturated rings. The van der Waals surface area contributed by atoms with E-state index in [0.717, 1.165) is 5.57 Å². The summed E-state index contributed by atoms with van der Waals surface area (Å²) in [4.78, 5) is 0. The molecule has 0 saturated carbocycles. The molecule has 0 amide bonds. The van der Waals surface area contributed by atoms with Crippen LogP contribution >= 0.6 is 0 Å². The van der Waals surface area contributed by atoms with Crippen molar-refractivity contribution >= 4 is 0 Å². The van der Waals surface area contributed by atoms with Gasteiger partial charge in [0.15, 0.2) is 0 Å². The monoisotopic (exact) mass is 111 g/mol. The van der Waals surface area contributed by atoms with Gasteiger partial charge in [-0.2, -0.15) is 0 Å². The normalized spacial score (nSPS) is 29.8. The van der Waals surface area contributed by atoms with Crippen LogP contribution < -0.4 is 0 Å². The summed E-state index contributed by atoms with van der Waals surface area (Å²) in [6.07, 6.45) is 3.44. The Bertz CT molecular complexity index is 170. The maximum atomic E-state index is 7.15. The predicted molar refractivity (Wildman–Crippen MR) is 33.4 cm³/mol. The molecule has 1 aliphatic rings. The van der Waals surface area contributed by atoms with Gasteiger partial charge in [0.25, 0.3) is 0 Å². The van der Waals surface area contributed by atoms with Gasteiger partial charge in [-0.3, -0.25) is 0 Å². The number of hydrogen-bond acceptors (Lipinski definition) is 1. The average Bonchev–Trinajstić information content (AvgIpc) is 1.80. The first-order valence-electron chi connectivity index (χ1n) is 3.20. The second-order valence-corrected chi connectivity index (χ2v) is 1.95. The van der Waals surface area contributed by atoms with Gasteiger partial charge in [-0.15, -0.1) is 0 Å². The molecule has 1 heteroatoms. The van der Waals surface area contributed by atoms with Gasteiger partial charge in [0.1, 0.15) is 6.10 Å². The van der Waals surface area contributed by atoms with Crippen LogP contribution in [0.15, 0.2) is 24.0 Å². The lowest BCUT2D eigenvalue weighted by Crippen LogP contribution is -2.07. The molecular weight excluding hydrogens is 100 g/mol. The molecule has 1 atom stereocenters. The van der Waals surface area contributed by atoms with E-state index in [0.29, 0.717) is 6.05 Å². The van der Waals surface area contributed by atoms with Crippen LogP contribution in [0.2, 0.25) is 0 Å². The van der Waals surface area contributed by atoms with Crippen molar-refractivity contribution in [3.63, 3.8) is 0 Å². The van der Waals surface area contributed by atoms with Crippen molar-refractivity contribution in [3.05, 3.63) is 24.0 Å². The Morgan fingerprint density at radius 2 is 2.62 bits per heavy atom. The molecule has 0 aliphatic carbocycles. The van der Waals surface area contributed by atoms with E-state index in [1.807, 2.05) is 19.9 Å². The van der Waals surface area contributed by atoms with Crippen molar-refractivity contribution in [2.24, 2.45) is 0 Å².